The van der Waals surface area contributed by atoms with Gasteiger partial charge < -0.3 is 0 Å². The molecule has 92 valence electrons. The summed E-state index contributed by atoms with van der Waals surface area (Å²) in [6.45, 7) is 1.36. The second kappa shape index (κ2) is 3.83. The number of carbonyl (C=O) groups excluding carboxylic acids is 3. The zero-order valence-corrected chi connectivity index (χ0v) is 9.69. The van der Waals surface area contributed by atoms with Crippen LogP contribution in [-0.4, -0.2) is 41.7 Å². The fourth-order valence-electron chi connectivity index (χ4n) is 2.37. The molecule has 2 bridgehead atoms. The number of imide groups is 1. The molecule has 1 aliphatic carbocycles. The van der Waals surface area contributed by atoms with Gasteiger partial charge in [0.05, 0.1) is 0 Å². The van der Waals surface area contributed by atoms with Gasteiger partial charge in [0.15, 0.2) is 0 Å². The second-order valence-corrected chi connectivity index (χ2v) is 4.33. The fourth-order valence-corrected chi connectivity index (χ4v) is 2.37. The molecule has 0 aromatic carbocycles. The van der Waals surface area contributed by atoms with Crippen LogP contribution in [0.3, 0.4) is 0 Å². The molecular formula is C10H14N4O3. The van der Waals surface area contributed by atoms with Crippen molar-refractivity contribution < 1.29 is 14.4 Å². The maximum Gasteiger partial charge on any atom is 0.254 e. The van der Waals surface area contributed by atoms with Crippen molar-refractivity contribution in [2.45, 2.75) is 25.3 Å². The zero-order chi connectivity index (χ0) is 12.6. The Balaban J connectivity index is 2.22. The number of aliphatic imine (C=N–C) groups is 1. The van der Waals surface area contributed by atoms with E-state index < -0.39 is 11.4 Å². The maximum atomic E-state index is 11.9. The summed E-state index contributed by atoms with van der Waals surface area (Å²) >= 11 is 0. The molecule has 3 aliphatic rings. The third-order valence-electron chi connectivity index (χ3n) is 3.26. The Hall–Kier alpha value is -1.92. The minimum absolute atomic E-state index is 0.171. The van der Waals surface area contributed by atoms with E-state index in [1.807, 2.05) is 0 Å². The molecule has 0 aromatic rings. The predicted octanol–water partition coefficient (Wildman–Crippen LogP) is -1.20. The summed E-state index contributed by atoms with van der Waals surface area (Å²) in [5, 5.41) is 3.52. The summed E-state index contributed by atoms with van der Waals surface area (Å²) in [6, 6.07) is 0. The van der Waals surface area contributed by atoms with Crippen molar-refractivity contribution in [1.29, 1.82) is 0 Å². The summed E-state index contributed by atoms with van der Waals surface area (Å²) < 4.78 is 0. The minimum Gasteiger partial charge on any atom is -0.294 e. The summed E-state index contributed by atoms with van der Waals surface area (Å²) in [7, 11) is 1.55. The maximum absolute atomic E-state index is 11.9. The second-order valence-electron chi connectivity index (χ2n) is 4.33. The van der Waals surface area contributed by atoms with Crippen LogP contribution >= 0.6 is 0 Å². The van der Waals surface area contributed by atoms with E-state index in [1.54, 1.807) is 7.05 Å². The van der Waals surface area contributed by atoms with Crippen molar-refractivity contribution in [3.8, 4) is 0 Å². The van der Waals surface area contributed by atoms with Gasteiger partial charge in [0.25, 0.3) is 5.91 Å². The quantitative estimate of drug-likeness (QED) is 0.280. The summed E-state index contributed by atoms with van der Waals surface area (Å²) in [5.74, 6) is -1.12. The van der Waals surface area contributed by atoms with Crippen LogP contribution in [0.2, 0.25) is 0 Å². The molecule has 3 amide bonds. The van der Waals surface area contributed by atoms with Gasteiger partial charge in [-0.1, -0.05) is 0 Å². The number of rotatable bonds is 3. The number of hydrogen-bond acceptors (Lipinski definition) is 4. The fraction of sp³-hybridized carbons (Fsp3) is 0.600. The molecule has 1 saturated carbocycles. The highest BCUT2D eigenvalue weighted by molar-refractivity contribution is 6.08. The SMILES string of the molecule is CN=CNN(C(C)=O)C12CC(C1)C(=O)NC2=O. The van der Waals surface area contributed by atoms with E-state index in [4.69, 9.17) is 0 Å². The lowest BCUT2D eigenvalue weighted by Gasteiger charge is -2.53. The van der Waals surface area contributed by atoms with Gasteiger partial charge in [-0.25, -0.2) is 5.01 Å². The normalized spacial score (nSPS) is 30.8. The van der Waals surface area contributed by atoms with E-state index in [-0.39, 0.29) is 17.7 Å². The molecule has 0 aromatic heterocycles. The first kappa shape index (κ1) is 11.6. The molecule has 7 heteroatoms. The number of carbonyl (C=O) groups is 3. The Kier molecular flexibility index (Phi) is 2.60. The lowest BCUT2D eigenvalue weighted by Crippen LogP contribution is -2.76. The highest BCUT2D eigenvalue weighted by atomic mass is 16.2. The van der Waals surface area contributed by atoms with E-state index >= 15 is 0 Å². The summed E-state index contributed by atoms with van der Waals surface area (Å²) in [4.78, 5) is 38.4. The first-order valence-electron chi connectivity index (χ1n) is 5.34. The standard InChI is InChI=1S/C10H14N4O3/c1-6(15)14(12-5-11-2)10-3-7(4-10)8(16)13-9(10)17/h5,7H,3-4H2,1-2H3,(H,11,12)(H,13,16,17). The number of amides is 3. The molecule has 2 saturated heterocycles. The molecule has 0 atom stereocenters. The van der Waals surface area contributed by atoms with E-state index in [9.17, 15) is 14.4 Å². The van der Waals surface area contributed by atoms with Gasteiger partial charge in [0.1, 0.15) is 11.9 Å². The van der Waals surface area contributed by atoms with Gasteiger partial charge in [-0.2, -0.15) is 0 Å². The Morgan fingerprint density at radius 1 is 1.59 bits per heavy atom. The highest BCUT2D eigenvalue weighted by Crippen LogP contribution is 2.45. The minimum atomic E-state index is -0.939. The molecule has 0 spiro atoms. The number of piperidine rings is 2. The predicted molar refractivity (Wildman–Crippen MR) is 58.7 cm³/mol. The highest BCUT2D eigenvalue weighted by Gasteiger charge is 2.62. The number of nitrogens with one attached hydrogen (secondary N) is 2. The molecule has 0 unspecified atom stereocenters. The van der Waals surface area contributed by atoms with Crippen molar-refractivity contribution in [1.82, 2.24) is 15.8 Å². The van der Waals surface area contributed by atoms with Crippen LogP contribution < -0.4 is 10.7 Å². The van der Waals surface area contributed by atoms with Crippen LogP contribution in [0.4, 0.5) is 0 Å². The van der Waals surface area contributed by atoms with Gasteiger partial charge in [0, 0.05) is 19.9 Å². The number of hydrazine groups is 1. The van der Waals surface area contributed by atoms with Gasteiger partial charge in [0.2, 0.25) is 11.8 Å². The number of fused-ring (bicyclic) bond motifs is 2. The largest absolute Gasteiger partial charge is 0.294 e. The lowest BCUT2D eigenvalue weighted by atomic mass is 9.64. The Bertz CT molecular complexity index is 412. The third kappa shape index (κ3) is 1.58. The van der Waals surface area contributed by atoms with E-state index in [1.165, 1.54) is 18.3 Å². The molecule has 2 heterocycles. The van der Waals surface area contributed by atoms with Gasteiger partial charge in [-0.3, -0.25) is 30.1 Å². The van der Waals surface area contributed by atoms with Crippen molar-refractivity contribution >= 4 is 24.1 Å². The summed E-state index contributed by atoms with van der Waals surface area (Å²) in [6.07, 6.45) is 2.09. The lowest BCUT2D eigenvalue weighted by molar-refractivity contribution is -0.172. The number of nitrogens with zero attached hydrogens (tertiary/aromatic N) is 2. The molecule has 2 aliphatic heterocycles. The third-order valence-corrected chi connectivity index (χ3v) is 3.26. The van der Waals surface area contributed by atoms with Crippen molar-refractivity contribution in [3.05, 3.63) is 0 Å². The molecule has 2 N–H and O–H groups in total. The molecule has 3 fully saturated rings. The van der Waals surface area contributed by atoms with Crippen LogP contribution in [0.15, 0.2) is 4.99 Å². The molecule has 17 heavy (non-hydrogen) atoms. The van der Waals surface area contributed by atoms with Crippen molar-refractivity contribution in [2.75, 3.05) is 7.05 Å². The van der Waals surface area contributed by atoms with Gasteiger partial charge in [-0.15, -0.1) is 0 Å². The average molecular weight is 238 g/mol. The zero-order valence-electron chi connectivity index (χ0n) is 9.69. The van der Waals surface area contributed by atoms with Crippen LogP contribution in [-0.2, 0) is 14.4 Å². The monoisotopic (exact) mass is 238 g/mol. The Morgan fingerprint density at radius 3 is 2.71 bits per heavy atom. The Labute approximate surface area is 98.2 Å². The van der Waals surface area contributed by atoms with E-state index in [0.29, 0.717) is 12.8 Å². The first-order valence-corrected chi connectivity index (χ1v) is 5.34. The van der Waals surface area contributed by atoms with Crippen LogP contribution in [0, 0.1) is 5.92 Å². The molecule has 7 nitrogen and oxygen atoms in total. The van der Waals surface area contributed by atoms with Crippen molar-refractivity contribution in [2.24, 2.45) is 10.9 Å². The van der Waals surface area contributed by atoms with Gasteiger partial charge in [-0.05, 0) is 12.8 Å². The smallest absolute Gasteiger partial charge is 0.254 e. The number of hydrogen-bond donors (Lipinski definition) is 2. The van der Waals surface area contributed by atoms with Crippen LogP contribution in [0.1, 0.15) is 19.8 Å². The molecule has 3 rings (SSSR count). The molecular weight excluding hydrogens is 224 g/mol. The van der Waals surface area contributed by atoms with Crippen LogP contribution in [0.5, 0.6) is 0 Å². The van der Waals surface area contributed by atoms with E-state index in [2.05, 4.69) is 15.7 Å². The van der Waals surface area contributed by atoms with Crippen molar-refractivity contribution in [3.63, 3.8) is 0 Å². The van der Waals surface area contributed by atoms with Gasteiger partial charge >= 0.3 is 0 Å². The van der Waals surface area contributed by atoms with E-state index in [0.717, 1.165) is 0 Å². The van der Waals surface area contributed by atoms with Crippen LogP contribution in [0.25, 0.3) is 0 Å². The first-order chi connectivity index (χ1) is 8.01. The Morgan fingerprint density at radius 2 is 2.24 bits per heavy atom. The topological polar surface area (TPSA) is 90.9 Å². The average Bonchev–Trinajstić information content (AvgIpc) is 2.18. The summed E-state index contributed by atoms with van der Waals surface area (Å²) in [5.41, 5.74) is 1.74. The molecule has 0 radical (unpaired) electrons.